The Morgan fingerprint density at radius 2 is 1.70 bits per heavy atom. The van der Waals surface area contributed by atoms with Crippen LogP contribution in [-0.4, -0.2) is 14.7 Å². The minimum atomic E-state index is -3.19. The molecule has 0 aliphatic heterocycles. The summed E-state index contributed by atoms with van der Waals surface area (Å²) in [4.78, 5) is 0.334. The number of sulfone groups is 1. The predicted molar refractivity (Wildman–Crippen MR) is 122 cm³/mol. The molecule has 1 saturated carbocycles. The van der Waals surface area contributed by atoms with E-state index < -0.39 is 9.84 Å². The van der Waals surface area contributed by atoms with Gasteiger partial charge in [-0.05, 0) is 66.5 Å². The predicted octanol–water partition coefficient (Wildman–Crippen LogP) is 6.38. The van der Waals surface area contributed by atoms with Crippen molar-refractivity contribution in [2.24, 2.45) is 17.8 Å². The summed E-state index contributed by atoms with van der Waals surface area (Å²) < 4.78 is 30.0. The van der Waals surface area contributed by atoms with E-state index in [1.165, 1.54) is 62.3 Å². The molecule has 162 valence electrons. The van der Waals surface area contributed by atoms with Gasteiger partial charge in [-0.2, -0.15) is 0 Å². The second kappa shape index (κ2) is 9.13. The molecule has 0 radical (unpaired) electrons. The van der Waals surface area contributed by atoms with Gasteiger partial charge in [-0.3, -0.25) is 0 Å². The third kappa shape index (κ3) is 5.08. The van der Waals surface area contributed by atoms with E-state index in [4.69, 9.17) is 4.74 Å². The van der Waals surface area contributed by atoms with Gasteiger partial charge in [0.25, 0.3) is 0 Å². The Bertz CT molecular complexity index is 948. The molecule has 0 amide bonds. The SMILES string of the molecule is CC1CCCCC(CCC2Cc3ccccc3C2Oc2ccc(S(C)(=O)=O)cc2)C1. The van der Waals surface area contributed by atoms with E-state index in [9.17, 15) is 8.42 Å². The van der Waals surface area contributed by atoms with Crippen molar-refractivity contribution < 1.29 is 13.2 Å². The van der Waals surface area contributed by atoms with Gasteiger partial charge in [0.05, 0.1) is 4.90 Å². The number of fused-ring (bicyclic) bond motifs is 1. The molecule has 30 heavy (non-hydrogen) atoms. The van der Waals surface area contributed by atoms with Crippen LogP contribution in [0.1, 0.15) is 69.1 Å². The summed E-state index contributed by atoms with van der Waals surface area (Å²) in [6.07, 6.45) is 11.8. The van der Waals surface area contributed by atoms with Gasteiger partial charge in [-0.15, -0.1) is 0 Å². The summed E-state index contributed by atoms with van der Waals surface area (Å²) in [6, 6.07) is 15.5. The van der Waals surface area contributed by atoms with Gasteiger partial charge in [0.1, 0.15) is 11.9 Å². The van der Waals surface area contributed by atoms with Gasteiger partial charge in [0.15, 0.2) is 9.84 Å². The van der Waals surface area contributed by atoms with Crippen molar-refractivity contribution in [3.8, 4) is 5.75 Å². The number of ether oxygens (including phenoxy) is 1. The fraction of sp³-hybridized carbons (Fsp3) is 0.538. The molecule has 4 unspecified atom stereocenters. The lowest BCUT2D eigenvalue weighted by atomic mass is 9.86. The van der Waals surface area contributed by atoms with Gasteiger partial charge in [0, 0.05) is 12.2 Å². The zero-order valence-electron chi connectivity index (χ0n) is 18.2. The van der Waals surface area contributed by atoms with Gasteiger partial charge >= 0.3 is 0 Å². The summed E-state index contributed by atoms with van der Waals surface area (Å²) in [7, 11) is -3.19. The fourth-order valence-corrected chi connectivity index (χ4v) is 6.04. The Morgan fingerprint density at radius 3 is 2.47 bits per heavy atom. The van der Waals surface area contributed by atoms with E-state index in [1.807, 2.05) is 0 Å². The third-order valence-corrected chi connectivity index (χ3v) is 8.16. The average Bonchev–Trinajstić information content (AvgIpc) is 2.91. The molecule has 2 aliphatic carbocycles. The smallest absolute Gasteiger partial charge is 0.175 e. The van der Waals surface area contributed by atoms with Crippen LogP contribution >= 0.6 is 0 Å². The van der Waals surface area contributed by atoms with Crippen LogP contribution in [0.2, 0.25) is 0 Å². The van der Waals surface area contributed by atoms with Crippen LogP contribution in [0.15, 0.2) is 53.4 Å². The molecular formula is C26H34O3S. The lowest BCUT2D eigenvalue weighted by Gasteiger charge is -2.25. The van der Waals surface area contributed by atoms with Crippen molar-refractivity contribution in [2.75, 3.05) is 6.26 Å². The molecule has 2 aromatic rings. The Kier molecular flexibility index (Phi) is 6.52. The number of benzene rings is 2. The molecule has 0 N–H and O–H groups in total. The summed E-state index contributed by atoms with van der Waals surface area (Å²) >= 11 is 0. The maximum Gasteiger partial charge on any atom is 0.175 e. The molecule has 3 nitrogen and oxygen atoms in total. The lowest BCUT2D eigenvalue weighted by molar-refractivity contribution is 0.137. The van der Waals surface area contributed by atoms with Crippen LogP contribution in [0, 0.1) is 17.8 Å². The lowest BCUT2D eigenvalue weighted by Crippen LogP contribution is -2.16. The van der Waals surface area contributed by atoms with E-state index in [2.05, 4.69) is 31.2 Å². The first-order valence-electron chi connectivity index (χ1n) is 11.4. The standard InChI is InChI=1S/C26H34O3S/c1-19-7-3-4-8-20(17-19)11-12-22-18-21-9-5-6-10-25(21)26(22)29-23-13-15-24(16-14-23)30(2,27)28/h5-6,9-10,13-16,19-20,22,26H,3-4,7-8,11-12,17-18H2,1-2H3. The number of hydrogen-bond acceptors (Lipinski definition) is 3. The summed E-state index contributed by atoms with van der Waals surface area (Å²) in [5.41, 5.74) is 2.69. The van der Waals surface area contributed by atoms with Crippen LogP contribution in [0.25, 0.3) is 0 Å². The minimum absolute atomic E-state index is 0.0495. The molecule has 2 aliphatic rings. The highest BCUT2D eigenvalue weighted by Crippen LogP contribution is 2.43. The molecular weight excluding hydrogens is 392 g/mol. The monoisotopic (exact) mass is 426 g/mol. The van der Waals surface area contributed by atoms with E-state index in [0.717, 1.165) is 24.0 Å². The van der Waals surface area contributed by atoms with Crippen LogP contribution in [0.4, 0.5) is 0 Å². The van der Waals surface area contributed by atoms with E-state index in [1.54, 1.807) is 24.3 Å². The zero-order chi connectivity index (χ0) is 21.1. The number of hydrogen-bond donors (Lipinski definition) is 0. The Balaban J connectivity index is 1.48. The zero-order valence-corrected chi connectivity index (χ0v) is 19.0. The van der Waals surface area contributed by atoms with Gasteiger partial charge in [-0.25, -0.2) is 8.42 Å². The molecule has 0 aromatic heterocycles. The molecule has 1 fully saturated rings. The molecule has 4 heteroatoms. The summed E-state index contributed by atoms with van der Waals surface area (Å²) in [5.74, 6) is 2.94. The van der Waals surface area contributed by atoms with Crippen molar-refractivity contribution in [1.82, 2.24) is 0 Å². The fourth-order valence-electron chi connectivity index (χ4n) is 5.41. The summed E-state index contributed by atoms with van der Waals surface area (Å²) in [6.45, 7) is 2.41. The largest absolute Gasteiger partial charge is 0.485 e. The first kappa shape index (κ1) is 21.4. The van der Waals surface area contributed by atoms with Crippen LogP contribution in [0.3, 0.4) is 0 Å². The van der Waals surface area contributed by atoms with Crippen LogP contribution < -0.4 is 4.74 Å². The van der Waals surface area contributed by atoms with Crippen molar-refractivity contribution in [3.63, 3.8) is 0 Å². The Hall–Kier alpha value is -1.81. The number of rotatable bonds is 6. The second-order valence-corrected chi connectivity index (χ2v) is 11.5. The Morgan fingerprint density at radius 1 is 0.967 bits per heavy atom. The first-order valence-corrected chi connectivity index (χ1v) is 13.3. The second-order valence-electron chi connectivity index (χ2n) is 9.51. The molecule has 4 rings (SSSR count). The maximum atomic E-state index is 11.7. The van der Waals surface area contributed by atoms with Crippen molar-refractivity contribution in [3.05, 3.63) is 59.7 Å². The third-order valence-electron chi connectivity index (χ3n) is 7.03. The Labute approximate surface area is 181 Å². The van der Waals surface area contributed by atoms with Crippen molar-refractivity contribution >= 4 is 9.84 Å². The molecule has 0 saturated heterocycles. The van der Waals surface area contributed by atoms with E-state index >= 15 is 0 Å². The topological polar surface area (TPSA) is 43.4 Å². The minimum Gasteiger partial charge on any atom is -0.485 e. The quantitative estimate of drug-likeness (QED) is 0.503. The molecule has 0 bridgehead atoms. The molecule has 0 heterocycles. The van der Waals surface area contributed by atoms with Gasteiger partial charge in [0.2, 0.25) is 0 Å². The van der Waals surface area contributed by atoms with Crippen molar-refractivity contribution in [2.45, 2.75) is 69.3 Å². The average molecular weight is 427 g/mol. The van der Waals surface area contributed by atoms with Gasteiger partial charge < -0.3 is 4.74 Å². The maximum absolute atomic E-state index is 11.7. The molecule has 0 spiro atoms. The normalized spacial score (nSPS) is 26.7. The van der Waals surface area contributed by atoms with Crippen LogP contribution in [0.5, 0.6) is 5.75 Å². The van der Waals surface area contributed by atoms with Gasteiger partial charge in [-0.1, -0.05) is 63.3 Å². The highest BCUT2D eigenvalue weighted by molar-refractivity contribution is 7.90. The molecule has 4 atom stereocenters. The van der Waals surface area contributed by atoms with E-state index in [-0.39, 0.29) is 6.10 Å². The summed E-state index contributed by atoms with van der Waals surface area (Å²) in [5, 5.41) is 0. The first-order chi connectivity index (χ1) is 14.4. The highest BCUT2D eigenvalue weighted by Gasteiger charge is 2.34. The van der Waals surface area contributed by atoms with Crippen LogP contribution in [-0.2, 0) is 16.3 Å². The molecule has 2 aromatic carbocycles. The van der Waals surface area contributed by atoms with Crippen molar-refractivity contribution in [1.29, 1.82) is 0 Å². The highest BCUT2D eigenvalue weighted by atomic mass is 32.2. The van der Waals surface area contributed by atoms with E-state index in [0.29, 0.717) is 10.8 Å².